The second-order valence-electron chi connectivity index (χ2n) is 4.44. The molecule has 1 N–H and O–H groups in total. The molecule has 0 bridgehead atoms. The summed E-state index contributed by atoms with van der Waals surface area (Å²) in [5.74, 6) is -0.144. The predicted octanol–water partition coefficient (Wildman–Crippen LogP) is 1.24. The maximum Gasteiger partial charge on any atom is 0.271 e. The zero-order chi connectivity index (χ0) is 12.4. The zero-order valence-corrected chi connectivity index (χ0v) is 10.0. The first kappa shape index (κ1) is 11.2. The topological polar surface area (TPSA) is 55.6 Å². The van der Waals surface area contributed by atoms with Crippen LogP contribution in [0.1, 0.15) is 23.3 Å². The Morgan fingerprint density at radius 3 is 3.28 bits per heavy atom. The molecule has 3 heterocycles. The van der Waals surface area contributed by atoms with E-state index in [0.29, 0.717) is 12.2 Å². The van der Waals surface area contributed by atoms with E-state index in [9.17, 15) is 4.79 Å². The van der Waals surface area contributed by atoms with Gasteiger partial charge in [-0.25, -0.2) is 4.52 Å². The average Bonchev–Trinajstić information content (AvgIpc) is 3.04. The number of nitrogens with zero attached hydrogens (tertiary/aromatic N) is 2. The van der Waals surface area contributed by atoms with Crippen LogP contribution in [0.4, 0.5) is 0 Å². The van der Waals surface area contributed by atoms with Gasteiger partial charge in [-0.2, -0.15) is 5.10 Å². The summed E-state index contributed by atoms with van der Waals surface area (Å²) in [6, 6.07) is 7.51. The van der Waals surface area contributed by atoms with Crippen LogP contribution in [0.2, 0.25) is 0 Å². The fraction of sp³-hybridized carbons (Fsp3) is 0.385. The van der Waals surface area contributed by atoms with Gasteiger partial charge in [0.05, 0.1) is 11.6 Å². The van der Waals surface area contributed by atoms with Gasteiger partial charge in [-0.15, -0.1) is 0 Å². The van der Waals surface area contributed by atoms with Crippen LogP contribution in [0, 0.1) is 0 Å². The van der Waals surface area contributed by atoms with Crippen molar-refractivity contribution < 1.29 is 9.53 Å². The lowest BCUT2D eigenvalue weighted by Gasteiger charge is -2.09. The predicted molar refractivity (Wildman–Crippen MR) is 66.5 cm³/mol. The number of carbonyl (C=O) groups is 1. The Balaban J connectivity index is 1.67. The minimum absolute atomic E-state index is 0.144. The van der Waals surface area contributed by atoms with Crippen LogP contribution in [0.15, 0.2) is 30.5 Å². The Bertz CT molecular complexity index is 525. The van der Waals surface area contributed by atoms with Crippen LogP contribution < -0.4 is 5.32 Å². The molecule has 0 spiro atoms. The minimum atomic E-state index is -0.144. The van der Waals surface area contributed by atoms with Crippen molar-refractivity contribution in [2.75, 3.05) is 13.2 Å². The second-order valence-corrected chi connectivity index (χ2v) is 4.44. The molecule has 1 amide bonds. The molecule has 1 aliphatic rings. The summed E-state index contributed by atoms with van der Waals surface area (Å²) >= 11 is 0. The van der Waals surface area contributed by atoms with Crippen molar-refractivity contribution in [2.24, 2.45) is 0 Å². The zero-order valence-electron chi connectivity index (χ0n) is 10.0. The third-order valence-electron chi connectivity index (χ3n) is 3.12. The molecule has 1 unspecified atom stereocenters. The summed E-state index contributed by atoms with van der Waals surface area (Å²) in [5, 5.41) is 7.08. The van der Waals surface area contributed by atoms with Gasteiger partial charge in [0.15, 0.2) is 5.69 Å². The number of hydrogen-bond acceptors (Lipinski definition) is 3. The van der Waals surface area contributed by atoms with Crippen LogP contribution in [0.3, 0.4) is 0 Å². The fourth-order valence-corrected chi connectivity index (χ4v) is 2.15. The summed E-state index contributed by atoms with van der Waals surface area (Å²) in [7, 11) is 0. The van der Waals surface area contributed by atoms with Crippen molar-refractivity contribution in [3.8, 4) is 0 Å². The van der Waals surface area contributed by atoms with Gasteiger partial charge in [0, 0.05) is 19.3 Å². The molecule has 0 saturated carbocycles. The first-order valence-corrected chi connectivity index (χ1v) is 6.17. The van der Waals surface area contributed by atoms with E-state index >= 15 is 0 Å². The van der Waals surface area contributed by atoms with E-state index < -0.39 is 0 Å². The maximum atomic E-state index is 11.9. The van der Waals surface area contributed by atoms with E-state index in [0.717, 1.165) is 25.0 Å². The van der Waals surface area contributed by atoms with Gasteiger partial charge in [0.2, 0.25) is 0 Å². The summed E-state index contributed by atoms with van der Waals surface area (Å²) < 4.78 is 7.15. The molecule has 1 fully saturated rings. The first-order chi connectivity index (χ1) is 8.83. The van der Waals surface area contributed by atoms with Crippen molar-refractivity contribution in [1.29, 1.82) is 0 Å². The lowest BCUT2D eigenvalue weighted by molar-refractivity contribution is 0.0853. The summed E-state index contributed by atoms with van der Waals surface area (Å²) in [5.41, 5.74) is 1.36. The van der Waals surface area contributed by atoms with Gasteiger partial charge in [-0.05, 0) is 31.0 Å². The largest absolute Gasteiger partial charge is 0.376 e. The molecule has 0 aliphatic carbocycles. The Morgan fingerprint density at radius 2 is 2.50 bits per heavy atom. The number of pyridine rings is 1. The molecule has 0 radical (unpaired) electrons. The van der Waals surface area contributed by atoms with Crippen LogP contribution in [0.25, 0.3) is 5.52 Å². The Morgan fingerprint density at radius 1 is 1.56 bits per heavy atom. The van der Waals surface area contributed by atoms with Crippen molar-refractivity contribution in [1.82, 2.24) is 14.9 Å². The number of ether oxygens (including phenoxy) is 1. The highest BCUT2D eigenvalue weighted by Crippen LogP contribution is 2.11. The van der Waals surface area contributed by atoms with Crippen LogP contribution in [-0.2, 0) is 4.74 Å². The Kier molecular flexibility index (Phi) is 2.98. The van der Waals surface area contributed by atoms with Gasteiger partial charge >= 0.3 is 0 Å². The second kappa shape index (κ2) is 4.78. The maximum absolute atomic E-state index is 11.9. The molecule has 0 aromatic carbocycles. The van der Waals surface area contributed by atoms with Gasteiger partial charge in [-0.1, -0.05) is 6.07 Å². The lowest BCUT2D eigenvalue weighted by Crippen LogP contribution is -2.32. The number of carbonyl (C=O) groups excluding carboxylic acids is 1. The van der Waals surface area contributed by atoms with Crippen molar-refractivity contribution in [2.45, 2.75) is 18.9 Å². The number of nitrogens with one attached hydrogen (secondary N) is 1. The monoisotopic (exact) mass is 245 g/mol. The SMILES string of the molecule is O=C(NCC1CCCO1)c1cc2ccccn2n1. The van der Waals surface area contributed by atoms with E-state index in [1.807, 2.05) is 24.4 Å². The van der Waals surface area contributed by atoms with E-state index in [2.05, 4.69) is 10.4 Å². The number of amides is 1. The molecule has 2 aromatic heterocycles. The fourth-order valence-electron chi connectivity index (χ4n) is 2.15. The highest BCUT2D eigenvalue weighted by atomic mass is 16.5. The summed E-state index contributed by atoms with van der Waals surface area (Å²) in [6.07, 6.45) is 4.08. The molecule has 3 rings (SSSR count). The van der Waals surface area contributed by atoms with Crippen molar-refractivity contribution >= 4 is 11.4 Å². The molecular weight excluding hydrogens is 230 g/mol. The number of rotatable bonds is 3. The average molecular weight is 245 g/mol. The molecule has 1 atom stereocenters. The number of aromatic nitrogens is 2. The van der Waals surface area contributed by atoms with Crippen molar-refractivity contribution in [3.63, 3.8) is 0 Å². The smallest absolute Gasteiger partial charge is 0.271 e. The first-order valence-electron chi connectivity index (χ1n) is 6.17. The van der Waals surface area contributed by atoms with Crippen LogP contribution in [0.5, 0.6) is 0 Å². The van der Waals surface area contributed by atoms with Crippen LogP contribution >= 0.6 is 0 Å². The van der Waals surface area contributed by atoms with E-state index in [4.69, 9.17) is 4.74 Å². The standard InChI is InChI=1S/C13H15N3O2/c17-13(14-9-11-5-3-7-18-11)12-8-10-4-1-2-6-16(10)15-12/h1-2,4,6,8,11H,3,5,7,9H2,(H,14,17). The van der Waals surface area contributed by atoms with Gasteiger partial charge < -0.3 is 10.1 Å². The molecule has 5 heteroatoms. The minimum Gasteiger partial charge on any atom is -0.376 e. The Labute approximate surface area is 105 Å². The van der Waals surface area contributed by atoms with Crippen LogP contribution in [-0.4, -0.2) is 34.8 Å². The summed E-state index contributed by atoms with van der Waals surface area (Å²) in [4.78, 5) is 11.9. The van der Waals surface area contributed by atoms with Gasteiger partial charge in [0.25, 0.3) is 5.91 Å². The number of hydrogen-bond donors (Lipinski definition) is 1. The molecule has 94 valence electrons. The molecular formula is C13H15N3O2. The third kappa shape index (κ3) is 2.22. The van der Waals surface area contributed by atoms with E-state index in [1.165, 1.54) is 0 Å². The highest BCUT2D eigenvalue weighted by molar-refractivity contribution is 5.93. The van der Waals surface area contributed by atoms with Crippen molar-refractivity contribution in [3.05, 3.63) is 36.2 Å². The summed E-state index contributed by atoms with van der Waals surface area (Å²) in [6.45, 7) is 1.36. The van der Waals surface area contributed by atoms with E-state index in [-0.39, 0.29) is 12.0 Å². The highest BCUT2D eigenvalue weighted by Gasteiger charge is 2.17. The third-order valence-corrected chi connectivity index (χ3v) is 3.12. The normalized spacial score (nSPS) is 19.2. The molecule has 1 aliphatic heterocycles. The molecule has 1 saturated heterocycles. The van der Waals surface area contributed by atoms with Gasteiger partial charge in [0.1, 0.15) is 0 Å². The van der Waals surface area contributed by atoms with E-state index in [1.54, 1.807) is 10.6 Å². The molecule has 5 nitrogen and oxygen atoms in total. The lowest BCUT2D eigenvalue weighted by atomic mass is 10.2. The molecule has 18 heavy (non-hydrogen) atoms. The number of fused-ring (bicyclic) bond motifs is 1. The quantitative estimate of drug-likeness (QED) is 0.885. The van der Waals surface area contributed by atoms with Gasteiger partial charge in [-0.3, -0.25) is 4.79 Å². The molecule has 2 aromatic rings. The Hall–Kier alpha value is -1.88.